The van der Waals surface area contributed by atoms with E-state index < -0.39 is 0 Å². The molecule has 4 nitrogen and oxygen atoms in total. The third kappa shape index (κ3) is 2.95. The summed E-state index contributed by atoms with van der Waals surface area (Å²) in [5, 5.41) is 4.82. The van der Waals surface area contributed by atoms with E-state index in [-0.39, 0.29) is 5.91 Å². The second-order valence-corrected chi connectivity index (χ2v) is 6.19. The van der Waals surface area contributed by atoms with E-state index in [0.29, 0.717) is 10.9 Å². The molecule has 0 bridgehead atoms. The first-order valence-corrected chi connectivity index (χ1v) is 7.45. The molecule has 0 N–H and O–H groups in total. The highest BCUT2D eigenvalue weighted by atomic mass is 35.5. The van der Waals surface area contributed by atoms with Crippen molar-refractivity contribution >= 4 is 17.5 Å². The van der Waals surface area contributed by atoms with Crippen LogP contribution in [0.1, 0.15) is 21.5 Å². The van der Waals surface area contributed by atoms with Crippen molar-refractivity contribution in [2.24, 2.45) is 5.92 Å². The Morgan fingerprint density at radius 2 is 2.10 bits per heavy atom. The summed E-state index contributed by atoms with van der Waals surface area (Å²) >= 11 is 5.84. The molecule has 1 fully saturated rings. The lowest BCUT2D eigenvalue weighted by atomic mass is 9.98. The fourth-order valence-electron chi connectivity index (χ4n) is 2.61. The molecule has 0 radical (unpaired) electrons. The number of hydrogen-bond acceptors (Lipinski definition) is 2. The largest absolute Gasteiger partial charge is 0.338 e. The van der Waals surface area contributed by atoms with Crippen molar-refractivity contribution in [2.45, 2.75) is 20.4 Å². The van der Waals surface area contributed by atoms with E-state index >= 15 is 0 Å². The van der Waals surface area contributed by atoms with Crippen LogP contribution in [-0.4, -0.2) is 33.7 Å². The summed E-state index contributed by atoms with van der Waals surface area (Å²) in [6, 6.07) is 5.88. The quantitative estimate of drug-likeness (QED) is 0.874. The molecule has 2 aromatic rings. The van der Waals surface area contributed by atoms with Crippen LogP contribution in [0.25, 0.3) is 0 Å². The Balaban J connectivity index is 1.58. The van der Waals surface area contributed by atoms with Crippen molar-refractivity contribution in [3.05, 3.63) is 52.3 Å². The van der Waals surface area contributed by atoms with Crippen molar-refractivity contribution in [3.63, 3.8) is 0 Å². The Bertz CT molecular complexity index is 674. The van der Waals surface area contributed by atoms with Crippen LogP contribution in [0.5, 0.6) is 0 Å². The minimum absolute atomic E-state index is 0.118. The third-order valence-corrected chi connectivity index (χ3v) is 4.24. The summed E-state index contributed by atoms with van der Waals surface area (Å²) in [6.07, 6.45) is 3.45. The molecule has 110 valence electrons. The number of hydrogen-bond donors (Lipinski definition) is 0. The normalized spacial score (nSPS) is 15.1. The van der Waals surface area contributed by atoms with Gasteiger partial charge < -0.3 is 4.90 Å². The first-order valence-electron chi connectivity index (χ1n) is 7.07. The predicted molar refractivity (Wildman–Crippen MR) is 82.5 cm³/mol. The van der Waals surface area contributed by atoms with Gasteiger partial charge in [-0.3, -0.25) is 9.48 Å². The summed E-state index contributed by atoms with van der Waals surface area (Å²) < 4.78 is 1.84. The van der Waals surface area contributed by atoms with E-state index in [1.807, 2.05) is 40.9 Å². The fraction of sp³-hybridized carbons (Fsp3) is 0.375. The highest BCUT2D eigenvalue weighted by Gasteiger charge is 2.31. The summed E-state index contributed by atoms with van der Waals surface area (Å²) in [5.41, 5.74) is 3.14. The second-order valence-electron chi connectivity index (χ2n) is 5.76. The minimum atomic E-state index is 0.118. The SMILES string of the molecule is Cc1ccc(C(=O)N2CC(Cn3cc(Cl)cn3)C2)cc1C. The molecule has 1 aliphatic heterocycles. The van der Waals surface area contributed by atoms with Gasteiger partial charge in [0, 0.05) is 37.3 Å². The predicted octanol–water partition coefficient (Wildman–Crippen LogP) is 2.93. The van der Waals surface area contributed by atoms with E-state index in [1.165, 1.54) is 5.56 Å². The monoisotopic (exact) mass is 303 g/mol. The van der Waals surface area contributed by atoms with Crippen LogP contribution in [0.2, 0.25) is 5.02 Å². The number of rotatable bonds is 3. The van der Waals surface area contributed by atoms with Gasteiger partial charge in [0.25, 0.3) is 5.91 Å². The van der Waals surface area contributed by atoms with Gasteiger partial charge in [0.2, 0.25) is 0 Å². The van der Waals surface area contributed by atoms with Crippen molar-refractivity contribution < 1.29 is 4.79 Å². The third-order valence-electron chi connectivity index (χ3n) is 4.05. The fourth-order valence-corrected chi connectivity index (χ4v) is 2.77. The van der Waals surface area contributed by atoms with E-state index in [1.54, 1.807) is 6.20 Å². The molecule has 0 spiro atoms. The molecule has 1 amide bonds. The van der Waals surface area contributed by atoms with Gasteiger partial charge >= 0.3 is 0 Å². The van der Waals surface area contributed by atoms with E-state index in [4.69, 9.17) is 11.6 Å². The number of benzene rings is 1. The lowest BCUT2D eigenvalue weighted by Crippen LogP contribution is -2.51. The van der Waals surface area contributed by atoms with E-state index in [9.17, 15) is 4.79 Å². The molecular formula is C16H18ClN3O. The molecule has 21 heavy (non-hydrogen) atoms. The van der Waals surface area contributed by atoms with Gasteiger partial charge in [-0.1, -0.05) is 17.7 Å². The summed E-state index contributed by atoms with van der Waals surface area (Å²) in [6.45, 7) is 6.46. The molecule has 0 atom stereocenters. The standard InChI is InChI=1S/C16H18ClN3O/c1-11-3-4-14(5-12(11)2)16(21)19-7-13(8-19)9-20-10-15(17)6-18-20/h3-6,10,13H,7-9H2,1-2H3. The van der Waals surface area contributed by atoms with Crippen molar-refractivity contribution in [1.29, 1.82) is 0 Å². The topological polar surface area (TPSA) is 38.1 Å². The number of carbonyl (C=O) groups is 1. The number of carbonyl (C=O) groups excluding carboxylic acids is 1. The maximum atomic E-state index is 12.4. The number of likely N-dealkylation sites (tertiary alicyclic amines) is 1. The lowest BCUT2D eigenvalue weighted by molar-refractivity contribution is 0.0461. The Hall–Kier alpha value is -1.81. The maximum Gasteiger partial charge on any atom is 0.253 e. The Labute approximate surface area is 129 Å². The summed E-state index contributed by atoms with van der Waals surface area (Å²) in [7, 11) is 0. The first-order chi connectivity index (χ1) is 10.0. The molecule has 1 aromatic carbocycles. The van der Waals surface area contributed by atoms with E-state index in [2.05, 4.69) is 12.0 Å². The molecule has 0 saturated carbocycles. The van der Waals surface area contributed by atoms with E-state index in [0.717, 1.165) is 30.8 Å². The molecule has 1 aromatic heterocycles. The molecule has 1 aliphatic rings. The molecule has 0 unspecified atom stereocenters. The van der Waals surface area contributed by atoms with Gasteiger partial charge in [-0.25, -0.2) is 0 Å². The average molecular weight is 304 g/mol. The van der Waals surface area contributed by atoms with Gasteiger partial charge in [0.1, 0.15) is 0 Å². The maximum absolute atomic E-state index is 12.4. The molecule has 5 heteroatoms. The van der Waals surface area contributed by atoms with Crippen molar-refractivity contribution in [1.82, 2.24) is 14.7 Å². The number of aromatic nitrogens is 2. The minimum Gasteiger partial charge on any atom is -0.338 e. The molecule has 1 saturated heterocycles. The molecule has 2 heterocycles. The van der Waals surface area contributed by atoms with Gasteiger partial charge in [0.15, 0.2) is 0 Å². The molecular weight excluding hydrogens is 286 g/mol. The number of amides is 1. The summed E-state index contributed by atoms with van der Waals surface area (Å²) in [4.78, 5) is 14.3. The number of halogens is 1. The van der Waals surface area contributed by atoms with Crippen LogP contribution in [0.4, 0.5) is 0 Å². The molecule has 3 rings (SSSR count). The van der Waals surface area contributed by atoms with Crippen LogP contribution in [0.15, 0.2) is 30.6 Å². The van der Waals surface area contributed by atoms with Crippen molar-refractivity contribution in [2.75, 3.05) is 13.1 Å². The smallest absolute Gasteiger partial charge is 0.253 e. The van der Waals surface area contributed by atoms with Gasteiger partial charge in [-0.05, 0) is 37.1 Å². The lowest BCUT2D eigenvalue weighted by Gasteiger charge is -2.39. The van der Waals surface area contributed by atoms with Crippen LogP contribution >= 0.6 is 11.6 Å². The van der Waals surface area contributed by atoms with Crippen LogP contribution in [-0.2, 0) is 6.54 Å². The molecule has 0 aliphatic carbocycles. The number of aryl methyl sites for hydroxylation is 2. The second kappa shape index (κ2) is 5.53. The van der Waals surface area contributed by atoms with Crippen LogP contribution < -0.4 is 0 Å². The highest BCUT2D eigenvalue weighted by Crippen LogP contribution is 2.21. The summed E-state index contributed by atoms with van der Waals surface area (Å²) in [5.74, 6) is 0.573. The zero-order valence-electron chi connectivity index (χ0n) is 12.2. The zero-order chi connectivity index (χ0) is 15.0. The Morgan fingerprint density at radius 3 is 2.71 bits per heavy atom. The van der Waals surface area contributed by atoms with Crippen LogP contribution in [0, 0.1) is 19.8 Å². The first kappa shape index (κ1) is 14.1. The Morgan fingerprint density at radius 1 is 1.33 bits per heavy atom. The Kier molecular flexibility index (Phi) is 3.72. The van der Waals surface area contributed by atoms with Crippen LogP contribution in [0.3, 0.4) is 0 Å². The highest BCUT2D eigenvalue weighted by molar-refractivity contribution is 6.30. The van der Waals surface area contributed by atoms with Gasteiger partial charge in [-0.15, -0.1) is 0 Å². The average Bonchev–Trinajstić information content (AvgIpc) is 2.81. The van der Waals surface area contributed by atoms with Gasteiger partial charge in [0.05, 0.1) is 11.2 Å². The zero-order valence-corrected chi connectivity index (χ0v) is 13.0. The number of nitrogens with zero attached hydrogens (tertiary/aromatic N) is 3. The van der Waals surface area contributed by atoms with Crippen molar-refractivity contribution in [3.8, 4) is 0 Å². The van der Waals surface area contributed by atoms with Gasteiger partial charge in [-0.2, -0.15) is 5.10 Å².